The number of aryl methyl sites for hydroxylation is 1. The van der Waals surface area contributed by atoms with Gasteiger partial charge in [0.1, 0.15) is 5.01 Å². The molecule has 6 nitrogen and oxygen atoms in total. The maximum Gasteiger partial charge on any atom is 0.309 e. The second kappa shape index (κ2) is 6.26. The van der Waals surface area contributed by atoms with E-state index in [9.17, 15) is 9.59 Å². The SMILES string of the molecule is Cc1csc(CNC(=O)C(=O)NCC(N)=S)n1. The van der Waals surface area contributed by atoms with Crippen molar-refractivity contribution in [1.29, 1.82) is 0 Å². The van der Waals surface area contributed by atoms with Crippen LogP contribution < -0.4 is 16.4 Å². The van der Waals surface area contributed by atoms with Crippen molar-refractivity contribution in [2.75, 3.05) is 6.54 Å². The molecule has 1 aromatic heterocycles. The van der Waals surface area contributed by atoms with Crippen LogP contribution in [0.25, 0.3) is 0 Å². The molecule has 4 N–H and O–H groups in total. The van der Waals surface area contributed by atoms with Gasteiger partial charge in [0.15, 0.2) is 0 Å². The van der Waals surface area contributed by atoms with Crippen LogP contribution in [0.15, 0.2) is 5.38 Å². The average molecular weight is 272 g/mol. The highest BCUT2D eigenvalue weighted by atomic mass is 32.1. The molecule has 1 aromatic rings. The molecule has 92 valence electrons. The quantitative estimate of drug-likeness (QED) is 0.506. The van der Waals surface area contributed by atoms with Crippen molar-refractivity contribution in [2.24, 2.45) is 5.73 Å². The van der Waals surface area contributed by atoms with Crippen molar-refractivity contribution in [3.63, 3.8) is 0 Å². The van der Waals surface area contributed by atoms with Crippen molar-refractivity contribution >= 4 is 40.4 Å². The summed E-state index contributed by atoms with van der Waals surface area (Å²) in [6, 6.07) is 0. The van der Waals surface area contributed by atoms with E-state index in [0.29, 0.717) is 0 Å². The number of carbonyl (C=O) groups excluding carboxylic acids is 2. The zero-order chi connectivity index (χ0) is 12.8. The van der Waals surface area contributed by atoms with Crippen LogP contribution in [-0.2, 0) is 16.1 Å². The molecule has 8 heteroatoms. The van der Waals surface area contributed by atoms with E-state index in [2.05, 4.69) is 27.8 Å². The smallest absolute Gasteiger partial charge is 0.309 e. The van der Waals surface area contributed by atoms with Crippen molar-refractivity contribution in [3.05, 3.63) is 16.1 Å². The van der Waals surface area contributed by atoms with Gasteiger partial charge in [-0.2, -0.15) is 0 Å². The third-order valence-electron chi connectivity index (χ3n) is 1.70. The van der Waals surface area contributed by atoms with E-state index in [1.807, 2.05) is 12.3 Å². The molecular weight excluding hydrogens is 260 g/mol. The number of aromatic nitrogens is 1. The Morgan fingerprint density at radius 3 is 2.65 bits per heavy atom. The van der Waals surface area contributed by atoms with Gasteiger partial charge in [-0.05, 0) is 6.92 Å². The number of thiocarbonyl (C=S) groups is 1. The summed E-state index contributed by atoms with van der Waals surface area (Å²) in [7, 11) is 0. The minimum atomic E-state index is -0.758. The predicted molar refractivity (Wildman–Crippen MR) is 68.5 cm³/mol. The van der Waals surface area contributed by atoms with Crippen molar-refractivity contribution < 1.29 is 9.59 Å². The van der Waals surface area contributed by atoms with Gasteiger partial charge in [-0.25, -0.2) is 4.98 Å². The Balaban J connectivity index is 2.34. The zero-order valence-corrected chi connectivity index (χ0v) is 10.8. The first kappa shape index (κ1) is 13.5. The molecule has 0 bridgehead atoms. The minimum Gasteiger partial charge on any atom is -0.392 e. The van der Waals surface area contributed by atoms with Crippen molar-refractivity contribution in [1.82, 2.24) is 15.6 Å². The molecule has 0 saturated carbocycles. The second-order valence-electron chi connectivity index (χ2n) is 3.21. The fourth-order valence-corrected chi connectivity index (χ4v) is 1.75. The molecule has 17 heavy (non-hydrogen) atoms. The van der Waals surface area contributed by atoms with Crippen LogP contribution in [0.5, 0.6) is 0 Å². The molecule has 0 spiro atoms. The number of hydrogen-bond donors (Lipinski definition) is 3. The lowest BCUT2D eigenvalue weighted by molar-refractivity contribution is -0.139. The Morgan fingerprint density at radius 2 is 2.12 bits per heavy atom. The number of nitrogens with one attached hydrogen (secondary N) is 2. The van der Waals surface area contributed by atoms with E-state index in [0.717, 1.165) is 10.7 Å². The molecule has 0 unspecified atom stereocenters. The summed E-state index contributed by atoms with van der Waals surface area (Å²) in [5.41, 5.74) is 6.07. The summed E-state index contributed by atoms with van der Waals surface area (Å²) in [5, 5.41) is 7.36. The van der Waals surface area contributed by atoms with Gasteiger partial charge in [-0.1, -0.05) is 12.2 Å². The van der Waals surface area contributed by atoms with Gasteiger partial charge in [0, 0.05) is 11.1 Å². The molecule has 0 aliphatic heterocycles. The maximum absolute atomic E-state index is 11.3. The van der Waals surface area contributed by atoms with Crippen LogP contribution in [0.3, 0.4) is 0 Å². The Hall–Kier alpha value is -1.54. The highest BCUT2D eigenvalue weighted by molar-refractivity contribution is 7.80. The topological polar surface area (TPSA) is 97.1 Å². The molecule has 0 radical (unpaired) electrons. The van der Waals surface area contributed by atoms with Crippen molar-refractivity contribution in [3.8, 4) is 0 Å². The first-order valence-electron chi connectivity index (χ1n) is 4.74. The highest BCUT2D eigenvalue weighted by Gasteiger charge is 2.13. The third kappa shape index (κ3) is 4.87. The number of nitrogens with zero attached hydrogens (tertiary/aromatic N) is 1. The van der Waals surface area contributed by atoms with Gasteiger partial charge < -0.3 is 16.4 Å². The zero-order valence-electron chi connectivity index (χ0n) is 9.15. The number of amides is 2. The van der Waals surface area contributed by atoms with Crippen molar-refractivity contribution in [2.45, 2.75) is 13.5 Å². The lowest BCUT2D eigenvalue weighted by atomic mass is 10.5. The molecule has 1 heterocycles. The monoisotopic (exact) mass is 272 g/mol. The Kier molecular flexibility index (Phi) is 4.98. The Labute approximate surface area is 108 Å². The minimum absolute atomic E-state index is 0.0119. The van der Waals surface area contributed by atoms with E-state index in [4.69, 9.17) is 5.73 Å². The highest BCUT2D eigenvalue weighted by Crippen LogP contribution is 2.07. The van der Waals surface area contributed by atoms with Crippen LogP contribution >= 0.6 is 23.6 Å². The van der Waals surface area contributed by atoms with Gasteiger partial charge >= 0.3 is 11.8 Å². The standard InChI is InChI=1S/C9H12N4O2S2/c1-5-4-17-7(13-5)3-12-9(15)8(14)11-2-6(10)16/h4H,2-3H2,1H3,(H2,10,16)(H,11,14)(H,12,15). The number of thiazole rings is 1. The first-order valence-corrected chi connectivity index (χ1v) is 6.03. The second-order valence-corrected chi connectivity index (χ2v) is 4.68. The molecule has 0 aliphatic rings. The fraction of sp³-hybridized carbons (Fsp3) is 0.333. The number of rotatable bonds is 4. The summed E-state index contributed by atoms with van der Waals surface area (Å²) in [4.78, 5) is 26.8. The lowest BCUT2D eigenvalue weighted by Crippen LogP contribution is -2.42. The molecular formula is C9H12N4O2S2. The van der Waals surface area contributed by atoms with Crippen LogP contribution in [0.4, 0.5) is 0 Å². The van der Waals surface area contributed by atoms with Gasteiger partial charge in [-0.15, -0.1) is 11.3 Å². The summed E-state index contributed by atoms with van der Waals surface area (Å²) in [6.07, 6.45) is 0. The van der Waals surface area contributed by atoms with E-state index in [-0.39, 0.29) is 18.1 Å². The normalized spacial score (nSPS) is 9.71. The third-order valence-corrected chi connectivity index (χ3v) is 2.81. The van der Waals surface area contributed by atoms with E-state index >= 15 is 0 Å². The fourth-order valence-electron chi connectivity index (χ4n) is 0.968. The van der Waals surface area contributed by atoms with E-state index in [1.54, 1.807) is 0 Å². The Bertz CT molecular complexity index is 444. The largest absolute Gasteiger partial charge is 0.392 e. The number of nitrogens with two attached hydrogens (primary N) is 1. The van der Waals surface area contributed by atoms with Crippen LogP contribution in [0, 0.1) is 6.92 Å². The summed E-state index contributed by atoms with van der Waals surface area (Å²) >= 11 is 5.99. The number of hydrogen-bond acceptors (Lipinski definition) is 5. The van der Waals surface area contributed by atoms with Crippen LogP contribution in [0.1, 0.15) is 10.7 Å². The molecule has 0 atom stereocenters. The van der Waals surface area contributed by atoms with Gasteiger partial charge in [0.2, 0.25) is 0 Å². The lowest BCUT2D eigenvalue weighted by Gasteiger charge is -2.03. The first-order chi connectivity index (χ1) is 7.99. The molecule has 0 aliphatic carbocycles. The van der Waals surface area contributed by atoms with Crippen LogP contribution in [0.2, 0.25) is 0 Å². The average Bonchev–Trinajstić information content (AvgIpc) is 2.68. The Morgan fingerprint density at radius 1 is 1.47 bits per heavy atom. The number of carbonyl (C=O) groups is 2. The molecule has 1 rings (SSSR count). The van der Waals surface area contributed by atoms with Gasteiger partial charge in [0.25, 0.3) is 0 Å². The maximum atomic E-state index is 11.3. The van der Waals surface area contributed by atoms with E-state index in [1.165, 1.54) is 11.3 Å². The molecule has 0 aromatic carbocycles. The molecule has 0 saturated heterocycles. The molecule has 0 fully saturated rings. The van der Waals surface area contributed by atoms with Gasteiger partial charge in [-0.3, -0.25) is 9.59 Å². The molecule has 2 amide bonds. The summed E-state index contributed by atoms with van der Waals surface area (Å²) in [5.74, 6) is -1.49. The van der Waals surface area contributed by atoms with Crippen LogP contribution in [-0.4, -0.2) is 28.3 Å². The van der Waals surface area contributed by atoms with E-state index < -0.39 is 11.8 Å². The summed E-state index contributed by atoms with van der Waals surface area (Å²) < 4.78 is 0. The van der Waals surface area contributed by atoms with Gasteiger partial charge in [0.05, 0.1) is 18.1 Å². The predicted octanol–water partition coefficient (Wildman–Crippen LogP) is -0.530. The summed E-state index contributed by atoms with van der Waals surface area (Å²) in [6.45, 7) is 2.10.